The molecular formula is C20H18N2O4S2. The van der Waals surface area contributed by atoms with Crippen LogP contribution in [0.4, 0.5) is 11.4 Å². The van der Waals surface area contributed by atoms with Crippen molar-refractivity contribution in [3.05, 3.63) is 52.9 Å². The lowest BCUT2D eigenvalue weighted by molar-refractivity contribution is -0.114. The van der Waals surface area contributed by atoms with Gasteiger partial charge in [-0.05, 0) is 36.4 Å². The van der Waals surface area contributed by atoms with Crippen LogP contribution in [0, 0.1) is 0 Å². The molecule has 0 radical (unpaired) electrons. The predicted molar refractivity (Wildman–Crippen MR) is 116 cm³/mol. The van der Waals surface area contributed by atoms with Crippen molar-refractivity contribution in [1.82, 2.24) is 0 Å². The molecule has 1 fully saturated rings. The van der Waals surface area contributed by atoms with Crippen molar-refractivity contribution in [2.45, 2.75) is 6.92 Å². The number of thioether (sulfide) groups is 1. The quantitative estimate of drug-likeness (QED) is 0.588. The first-order chi connectivity index (χ1) is 13.4. The Morgan fingerprint density at radius 1 is 1.14 bits per heavy atom. The molecule has 0 saturated carbocycles. The molecule has 144 valence electrons. The molecular weight excluding hydrogens is 396 g/mol. The van der Waals surface area contributed by atoms with Crippen LogP contribution in [0.2, 0.25) is 0 Å². The molecule has 0 bridgehead atoms. The lowest BCUT2D eigenvalue weighted by atomic mass is 10.1. The van der Waals surface area contributed by atoms with Gasteiger partial charge in [0.25, 0.3) is 5.91 Å². The van der Waals surface area contributed by atoms with Gasteiger partial charge in [-0.1, -0.05) is 36.1 Å². The van der Waals surface area contributed by atoms with E-state index in [9.17, 15) is 9.59 Å². The molecule has 0 atom stereocenters. The van der Waals surface area contributed by atoms with E-state index in [1.54, 1.807) is 50.6 Å². The normalized spacial score (nSPS) is 15.1. The van der Waals surface area contributed by atoms with Gasteiger partial charge < -0.3 is 14.8 Å². The van der Waals surface area contributed by atoms with Gasteiger partial charge in [-0.3, -0.25) is 14.5 Å². The van der Waals surface area contributed by atoms with E-state index in [1.807, 2.05) is 12.1 Å². The zero-order chi connectivity index (χ0) is 20.3. The Kier molecular flexibility index (Phi) is 6.01. The number of amides is 2. The van der Waals surface area contributed by atoms with E-state index in [4.69, 9.17) is 21.7 Å². The van der Waals surface area contributed by atoms with Crippen molar-refractivity contribution in [2.24, 2.45) is 0 Å². The van der Waals surface area contributed by atoms with Gasteiger partial charge in [0.05, 0.1) is 24.8 Å². The lowest BCUT2D eigenvalue weighted by Gasteiger charge is -2.15. The Morgan fingerprint density at radius 3 is 2.46 bits per heavy atom. The lowest BCUT2D eigenvalue weighted by Crippen LogP contribution is -2.27. The highest BCUT2D eigenvalue weighted by molar-refractivity contribution is 8.27. The maximum absolute atomic E-state index is 12.9. The summed E-state index contributed by atoms with van der Waals surface area (Å²) in [5.74, 6) is 0.760. The Bertz CT molecular complexity index is 971. The van der Waals surface area contributed by atoms with Gasteiger partial charge >= 0.3 is 0 Å². The van der Waals surface area contributed by atoms with Crippen LogP contribution in [-0.4, -0.2) is 30.4 Å². The molecule has 1 aliphatic heterocycles. The SMILES string of the molecule is COc1cccc(/C=C2/SC(=S)N(c3ccc(NC(C)=O)cc3)C2=O)c1OC. The third-order valence-corrected chi connectivity index (χ3v) is 5.26. The summed E-state index contributed by atoms with van der Waals surface area (Å²) in [6.07, 6.45) is 1.74. The third kappa shape index (κ3) is 4.02. The molecule has 1 N–H and O–H groups in total. The van der Waals surface area contributed by atoms with E-state index in [-0.39, 0.29) is 11.8 Å². The number of methoxy groups -OCH3 is 2. The summed E-state index contributed by atoms with van der Waals surface area (Å²) in [5.41, 5.74) is 2.01. The summed E-state index contributed by atoms with van der Waals surface area (Å²) >= 11 is 6.63. The van der Waals surface area contributed by atoms with Crippen molar-refractivity contribution in [2.75, 3.05) is 24.4 Å². The molecule has 1 aliphatic rings. The van der Waals surface area contributed by atoms with Crippen molar-refractivity contribution < 1.29 is 19.1 Å². The Morgan fingerprint density at radius 2 is 1.86 bits per heavy atom. The second-order valence-electron chi connectivity index (χ2n) is 5.83. The van der Waals surface area contributed by atoms with E-state index in [0.29, 0.717) is 32.1 Å². The molecule has 1 heterocycles. The second kappa shape index (κ2) is 8.45. The minimum absolute atomic E-state index is 0.159. The van der Waals surface area contributed by atoms with Crippen molar-refractivity contribution in [3.63, 3.8) is 0 Å². The third-order valence-electron chi connectivity index (χ3n) is 3.96. The average molecular weight is 415 g/mol. The van der Waals surface area contributed by atoms with Gasteiger partial charge in [-0.25, -0.2) is 0 Å². The standard InChI is InChI=1S/C20H18N2O4S2/c1-12(23)21-14-7-9-15(10-8-14)22-19(24)17(28-20(22)27)11-13-5-4-6-16(25-2)18(13)26-3/h4-11H,1-3H3,(H,21,23)/b17-11+. The van der Waals surface area contributed by atoms with Gasteiger partial charge in [0.1, 0.15) is 0 Å². The number of carbonyl (C=O) groups excluding carboxylic acids is 2. The van der Waals surface area contributed by atoms with Gasteiger partial charge in [-0.15, -0.1) is 0 Å². The number of nitrogens with one attached hydrogen (secondary N) is 1. The Hall–Kier alpha value is -2.84. The Balaban J connectivity index is 1.90. The Labute approximate surface area is 172 Å². The molecule has 28 heavy (non-hydrogen) atoms. The molecule has 0 unspecified atom stereocenters. The summed E-state index contributed by atoms with van der Waals surface area (Å²) in [6.45, 7) is 1.44. The maximum atomic E-state index is 12.9. The molecule has 2 aromatic carbocycles. The number of anilines is 2. The highest BCUT2D eigenvalue weighted by Gasteiger charge is 2.33. The molecule has 0 spiro atoms. The maximum Gasteiger partial charge on any atom is 0.270 e. The molecule has 2 aromatic rings. The van der Waals surface area contributed by atoms with Crippen LogP contribution in [0.3, 0.4) is 0 Å². The summed E-state index contributed by atoms with van der Waals surface area (Å²) in [7, 11) is 3.11. The van der Waals surface area contributed by atoms with Gasteiger partial charge in [0, 0.05) is 18.2 Å². The van der Waals surface area contributed by atoms with Crippen LogP contribution >= 0.6 is 24.0 Å². The smallest absolute Gasteiger partial charge is 0.270 e. The largest absolute Gasteiger partial charge is 0.493 e. The monoisotopic (exact) mass is 414 g/mol. The number of rotatable bonds is 5. The zero-order valence-electron chi connectivity index (χ0n) is 15.5. The number of hydrogen-bond acceptors (Lipinski definition) is 6. The van der Waals surface area contributed by atoms with Gasteiger partial charge in [0.2, 0.25) is 5.91 Å². The van der Waals surface area contributed by atoms with Gasteiger partial charge in [-0.2, -0.15) is 0 Å². The van der Waals surface area contributed by atoms with E-state index < -0.39 is 0 Å². The van der Waals surface area contributed by atoms with Crippen LogP contribution in [0.15, 0.2) is 47.4 Å². The van der Waals surface area contributed by atoms with Crippen molar-refractivity contribution >= 4 is 57.6 Å². The van der Waals surface area contributed by atoms with Crippen LogP contribution in [-0.2, 0) is 9.59 Å². The number of hydrogen-bond donors (Lipinski definition) is 1. The summed E-state index contributed by atoms with van der Waals surface area (Å²) in [5, 5.41) is 2.69. The van der Waals surface area contributed by atoms with E-state index in [1.165, 1.54) is 23.6 Å². The highest BCUT2D eigenvalue weighted by atomic mass is 32.2. The van der Waals surface area contributed by atoms with E-state index in [0.717, 1.165) is 5.56 Å². The molecule has 3 rings (SSSR count). The second-order valence-corrected chi connectivity index (χ2v) is 7.50. The minimum Gasteiger partial charge on any atom is -0.493 e. The molecule has 8 heteroatoms. The van der Waals surface area contributed by atoms with Crippen LogP contribution in [0.25, 0.3) is 6.08 Å². The average Bonchev–Trinajstić information content (AvgIpc) is 2.95. The topological polar surface area (TPSA) is 67.9 Å². The molecule has 1 saturated heterocycles. The number of benzene rings is 2. The van der Waals surface area contributed by atoms with Crippen molar-refractivity contribution in [3.8, 4) is 11.5 Å². The minimum atomic E-state index is -0.216. The zero-order valence-corrected chi connectivity index (χ0v) is 17.1. The predicted octanol–water partition coefficient (Wildman–Crippen LogP) is 4.07. The van der Waals surface area contributed by atoms with Crippen LogP contribution in [0.5, 0.6) is 11.5 Å². The molecule has 2 amide bonds. The van der Waals surface area contributed by atoms with E-state index >= 15 is 0 Å². The summed E-state index contributed by atoms with van der Waals surface area (Å²) in [4.78, 5) is 26.0. The fourth-order valence-electron chi connectivity index (χ4n) is 2.75. The van der Waals surface area contributed by atoms with Crippen LogP contribution < -0.4 is 19.7 Å². The van der Waals surface area contributed by atoms with Crippen molar-refractivity contribution in [1.29, 1.82) is 0 Å². The summed E-state index contributed by atoms with van der Waals surface area (Å²) < 4.78 is 11.2. The first kappa shape index (κ1) is 19.9. The van der Waals surface area contributed by atoms with E-state index in [2.05, 4.69) is 5.32 Å². The van der Waals surface area contributed by atoms with Crippen LogP contribution in [0.1, 0.15) is 12.5 Å². The molecule has 0 aromatic heterocycles. The van der Waals surface area contributed by atoms with Gasteiger partial charge in [0.15, 0.2) is 15.8 Å². The fourth-order valence-corrected chi connectivity index (χ4v) is 4.04. The first-order valence-electron chi connectivity index (χ1n) is 8.31. The number of ether oxygens (including phenoxy) is 2. The molecule has 6 nitrogen and oxygen atoms in total. The fraction of sp³-hybridized carbons (Fsp3) is 0.150. The number of carbonyl (C=O) groups is 2. The number of nitrogens with zero attached hydrogens (tertiary/aromatic N) is 1. The summed E-state index contributed by atoms with van der Waals surface area (Å²) in [6, 6.07) is 12.4. The number of para-hydroxylation sites is 1. The number of thiocarbonyl (C=S) groups is 1. The highest BCUT2D eigenvalue weighted by Crippen LogP contribution is 2.39. The molecule has 0 aliphatic carbocycles. The first-order valence-corrected chi connectivity index (χ1v) is 9.53.